The molecule has 25 heavy (non-hydrogen) atoms. The van der Waals surface area contributed by atoms with Crippen LogP contribution < -0.4 is 11.1 Å². The van der Waals surface area contributed by atoms with Gasteiger partial charge in [0.1, 0.15) is 6.54 Å². The molecule has 0 bridgehead atoms. The van der Waals surface area contributed by atoms with Crippen molar-refractivity contribution in [1.82, 2.24) is 9.88 Å². The van der Waals surface area contributed by atoms with Gasteiger partial charge in [0, 0.05) is 28.7 Å². The third kappa shape index (κ3) is 4.56. The van der Waals surface area contributed by atoms with Crippen LogP contribution in [-0.4, -0.2) is 22.6 Å². The van der Waals surface area contributed by atoms with Gasteiger partial charge in [-0.25, -0.2) is 0 Å². The van der Waals surface area contributed by atoms with Crippen LogP contribution in [0, 0.1) is 6.92 Å². The molecule has 1 aromatic carbocycles. The molecule has 5 heteroatoms. The average Bonchev–Trinajstić information content (AvgIpc) is 2.81. The Morgan fingerprint density at radius 3 is 2.64 bits per heavy atom. The maximum atomic E-state index is 12.6. The second-order valence-electron chi connectivity index (χ2n) is 7.25. The Hall–Kier alpha value is -1.52. The molecule has 0 radical (unpaired) electrons. The largest absolute Gasteiger partial charge is 0.352 e. The van der Waals surface area contributed by atoms with Crippen LogP contribution >= 0.6 is 12.4 Å². The Bertz CT molecular complexity index is 717. The number of nitrogens with one attached hydrogen (secondary N) is 1. The standard InChI is InChI=1S/C20H29N3O.ClH/c1-14(21)12-18-15(2)23(19-11-7-6-10-17(18)19)13-20(24)22-16-8-4-3-5-9-16;/h6-7,10-11,14,16H,3-5,8-9,12-13,21H2,1-2H3,(H,22,24);1H. The van der Waals surface area contributed by atoms with E-state index in [4.69, 9.17) is 5.73 Å². The van der Waals surface area contributed by atoms with Crippen molar-refractivity contribution in [3.63, 3.8) is 0 Å². The van der Waals surface area contributed by atoms with E-state index in [1.54, 1.807) is 0 Å². The Morgan fingerprint density at radius 2 is 1.96 bits per heavy atom. The molecule has 1 heterocycles. The van der Waals surface area contributed by atoms with E-state index in [1.807, 2.05) is 13.0 Å². The molecule has 1 unspecified atom stereocenters. The first-order valence-electron chi connectivity index (χ1n) is 9.18. The van der Waals surface area contributed by atoms with Crippen molar-refractivity contribution in [2.75, 3.05) is 0 Å². The number of hydrogen-bond donors (Lipinski definition) is 2. The van der Waals surface area contributed by atoms with Crippen LogP contribution in [0.2, 0.25) is 0 Å². The molecule has 1 fully saturated rings. The SMILES string of the molecule is Cc1c(CC(C)N)c2ccccc2n1CC(=O)NC1CCCCC1.Cl. The molecular weight excluding hydrogens is 334 g/mol. The molecule has 3 rings (SSSR count). The lowest BCUT2D eigenvalue weighted by Crippen LogP contribution is -2.38. The highest BCUT2D eigenvalue weighted by atomic mass is 35.5. The van der Waals surface area contributed by atoms with Crippen molar-refractivity contribution in [2.45, 2.75) is 71.0 Å². The number of rotatable bonds is 5. The van der Waals surface area contributed by atoms with Gasteiger partial charge in [-0.2, -0.15) is 0 Å². The molecule has 2 aromatic rings. The summed E-state index contributed by atoms with van der Waals surface area (Å²) in [6.07, 6.45) is 6.84. The van der Waals surface area contributed by atoms with Crippen LogP contribution in [0.5, 0.6) is 0 Å². The van der Waals surface area contributed by atoms with Gasteiger partial charge in [0.05, 0.1) is 0 Å². The second-order valence-corrected chi connectivity index (χ2v) is 7.25. The molecule has 3 N–H and O–H groups in total. The number of nitrogens with two attached hydrogens (primary N) is 1. The number of aromatic nitrogens is 1. The van der Waals surface area contributed by atoms with Gasteiger partial charge in [-0.3, -0.25) is 4.79 Å². The molecule has 0 saturated heterocycles. The summed E-state index contributed by atoms with van der Waals surface area (Å²) in [5.74, 6) is 0.123. The lowest BCUT2D eigenvalue weighted by Gasteiger charge is -2.23. The zero-order valence-corrected chi connectivity index (χ0v) is 16.1. The summed E-state index contributed by atoms with van der Waals surface area (Å²) >= 11 is 0. The molecule has 1 aliphatic rings. The van der Waals surface area contributed by atoms with Crippen molar-refractivity contribution >= 4 is 29.2 Å². The minimum atomic E-state index is 0. The molecule has 138 valence electrons. The number of benzene rings is 1. The molecule has 1 atom stereocenters. The molecule has 1 aromatic heterocycles. The summed E-state index contributed by atoms with van der Waals surface area (Å²) in [5.41, 5.74) is 9.59. The maximum Gasteiger partial charge on any atom is 0.240 e. The fourth-order valence-corrected chi connectivity index (χ4v) is 3.95. The minimum absolute atomic E-state index is 0. The van der Waals surface area contributed by atoms with Crippen molar-refractivity contribution in [1.29, 1.82) is 0 Å². The molecule has 0 aliphatic heterocycles. The van der Waals surface area contributed by atoms with Crippen LogP contribution in [0.15, 0.2) is 24.3 Å². The molecular formula is C20H30ClN3O. The Morgan fingerprint density at radius 1 is 1.28 bits per heavy atom. The quantitative estimate of drug-likeness (QED) is 0.850. The monoisotopic (exact) mass is 363 g/mol. The van der Waals surface area contributed by atoms with Gasteiger partial charge < -0.3 is 15.6 Å². The normalized spacial score (nSPS) is 16.4. The van der Waals surface area contributed by atoms with Crippen molar-refractivity contribution < 1.29 is 4.79 Å². The van der Waals surface area contributed by atoms with Gasteiger partial charge in [-0.05, 0) is 44.7 Å². The van der Waals surface area contributed by atoms with Crippen LogP contribution in [0.1, 0.15) is 50.3 Å². The van der Waals surface area contributed by atoms with Gasteiger partial charge in [0.15, 0.2) is 0 Å². The first kappa shape index (κ1) is 19.8. The third-order valence-corrected chi connectivity index (χ3v) is 5.16. The first-order chi connectivity index (χ1) is 11.6. The van der Waals surface area contributed by atoms with Gasteiger partial charge in [-0.1, -0.05) is 37.5 Å². The number of para-hydroxylation sites is 1. The summed E-state index contributed by atoms with van der Waals surface area (Å²) < 4.78 is 2.14. The number of halogens is 1. The average molecular weight is 364 g/mol. The molecule has 1 amide bonds. The van der Waals surface area contributed by atoms with Crippen LogP contribution in [-0.2, 0) is 17.8 Å². The highest BCUT2D eigenvalue weighted by molar-refractivity contribution is 5.87. The van der Waals surface area contributed by atoms with Crippen LogP contribution in [0.3, 0.4) is 0 Å². The zero-order valence-electron chi connectivity index (χ0n) is 15.3. The summed E-state index contributed by atoms with van der Waals surface area (Å²) in [6, 6.07) is 8.79. The smallest absolute Gasteiger partial charge is 0.240 e. The summed E-state index contributed by atoms with van der Waals surface area (Å²) in [4.78, 5) is 12.6. The van der Waals surface area contributed by atoms with E-state index in [9.17, 15) is 4.79 Å². The fourth-order valence-electron chi connectivity index (χ4n) is 3.95. The van der Waals surface area contributed by atoms with E-state index >= 15 is 0 Å². The van der Waals surface area contributed by atoms with E-state index in [1.165, 1.54) is 30.2 Å². The second kappa shape index (κ2) is 8.72. The predicted molar refractivity (Wildman–Crippen MR) is 106 cm³/mol. The zero-order chi connectivity index (χ0) is 17.1. The fraction of sp³-hybridized carbons (Fsp3) is 0.550. The Kier molecular flexibility index (Phi) is 6.91. The van der Waals surface area contributed by atoms with E-state index in [0.29, 0.717) is 12.6 Å². The minimum Gasteiger partial charge on any atom is -0.352 e. The molecule has 1 aliphatic carbocycles. The number of carbonyl (C=O) groups is 1. The lowest BCUT2D eigenvalue weighted by atomic mass is 9.95. The van der Waals surface area contributed by atoms with Crippen molar-refractivity contribution in [2.24, 2.45) is 5.73 Å². The van der Waals surface area contributed by atoms with Crippen molar-refractivity contribution in [3.05, 3.63) is 35.5 Å². The third-order valence-electron chi connectivity index (χ3n) is 5.16. The summed E-state index contributed by atoms with van der Waals surface area (Å²) in [6.45, 7) is 4.52. The van der Waals surface area contributed by atoms with E-state index in [-0.39, 0.29) is 24.4 Å². The maximum absolute atomic E-state index is 12.6. The number of amides is 1. The Labute approximate surface area is 156 Å². The van der Waals surface area contributed by atoms with E-state index in [2.05, 4.69) is 35.0 Å². The lowest BCUT2D eigenvalue weighted by molar-refractivity contribution is -0.122. The number of fused-ring (bicyclic) bond motifs is 1. The van der Waals surface area contributed by atoms with Crippen LogP contribution in [0.4, 0.5) is 0 Å². The molecule has 0 spiro atoms. The highest BCUT2D eigenvalue weighted by Crippen LogP contribution is 2.27. The number of carbonyl (C=O) groups excluding carboxylic acids is 1. The number of nitrogens with zero attached hydrogens (tertiary/aromatic N) is 1. The Balaban J connectivity index is 0.00000225. The van der Waals surface area contributed by atoms with Crippen LogP contribution in [0.25, 0.3) is 10.9 Å². The predicted octanol–water partition coefficient (Wildman–Crippen LogP) is 3.71. The summed E-state index contributed by atoms with van der Waals surface area (Å²) in [5, 5.41) is 4.44. The topological polar surface area (TPSA) is 60.0 Å². The molecule has 4 nitrogen and oxygen atoms in total. The van der Waals surface area contributed by atoms with Crippen molar-refractivity contribution in [3.8, 4) is 0 Å². The first-order valence-corrected chi connectivity index (χ1v) is 9.18. The molecule has 1 saturated carbocycles. The van der Waals surface area contributed by atoms with E-state index in [0.717, 1.165) is 30.5 Å². The van der Waals surface area contributed by atoms with E-state index < -0.39 is 0 Å². The summed E-state index contributed by atoms with van der Waals surface area (Å²) in [7, 11) is 0. The van der Waals surface area contributed by atoms with Gasteiger partial charge >= 0.3 is 0 Å². The van der Waals surface area contributed by atoms with Gasteiger partial charge in [0.2, 0.25) is 5.91 Å². The highest BCUT2D eigenvalue weighted by Gasteiger charge is 2.19. The number of hydrogen-bond acceptors (Lipinski definition) is 2. The van der Waals surface area contributed by atoms with Gasteiger partial charge in [0.25, 0.3) is 0 Å². The van der Waals surface area contributed by atoms with Gasteiger partial charge in [-0.15, -0.1) is 12.4 Å².